The second-order valence-electron chi connectivity index (χ2n) is 5.63. The molecule has 2 rings (SSSR count). The number of para-hydroxylation sites is 1. The van der Waals surface area contributed by atoms with Crippen molar-refractivity contribution in [3.8, 4) is 0 Å². The highest BCUT2D eigenvalue weighted by molar-refractivity contribution is 5.52. The molecular weight excluding hydrogens is 244 g/mol. The van der Waals surface area contributed by atoms with Crippen LogP contribution in [0, 0.1) is 20.8 Å². The van der Waals surface area contributed by atoms with Crippen LogP contribution in [-0.2, 0) is 0 Å². The van der Waals surface area contributed by atoms with Gasteiger partial charge in [-0.05, 0) is 43.5 Å². The number of hydrogen-bond acceptors (Lipinski definition) is 2. The van der Waals surface area contributed by atoms with Gasteiger partial charge in [0.15, 0.2) is 0 Å². The predicted octanol–water partition coefficient (Wildman–Crippen LogP) is 3.75. The van der Waals surface area contributed by atoms with Gasteiger partial charge in [-0.25, -0.2) is 0 Å². The van der Waals surface area contributed by atoms with Crippen molar-refractivity contribution in [2.75, 3.05) is 18.5 Å². The van der Waals surface area contributed by atoms with Crippen LogP contribution in [0.4, 0.5) is 5.69 Å². The molecule has 0 aliphatic heterocycles. The van der Waals surface area contributed by atoms with E-state index in [1.807, 2.05) is 0 Å². The summed E-state index contributed by atoms with van der Waals surface area (Å²) in [6.45, 7) is 7.20. The third-order valence-electron chi connectivity index (χ3n) is 3.82. The highest BCUT2D eigenvalue weighted by Crippen LogP contribution is 2.22. The van der Waals surface area contributed by atoms with Gasteiger partial charge in [-0.15, -0.1) is 0 Å². The van der Waals surface area contributed by atoms with Crippen LogP contribution in [-0.4, -0.2) is 13.6 Å². The van der Waals surface area contributed by atoms with E-state index in [9.17, 15) is 0 Å². The van der Waals surface area contributed by atoms with Crippen LogP contribution in [0.1, 0.15) is 28.3 Å². The topological polar surface area (TPSA) is 29.3 Å². The van der Waals surface area contributed by atoms with Gasteiger partial charge < -0.3 is 10.6 Å². The van der Waals surface area contributed by atoms with Gasteiger partial charge in [0.2, 0.25) is 0 Å². The molecule has 0 radical (unpaired) electrons. The van der Waals surface area contributed by atoms with Gasteiger partial charge in [-0.3, -0.25) is 0 Å². The minimum atomic E-state index is 0.0280. The lowest BCUT2D eigenvalue weighted by molar-refractivity contribution is 0.698. The molecule has 0 saturated carbocycles. The van der Waals surface area contributed by atoms with E-state index in [4.69, 9.17) is 5.73 Å². The molecule has 2 nitrogen and oxygen atoms in total. The first kappa shape index (κ1) is 14.6. The second kappa shape index (κ2) is 6.10. The smallest absolute Gasteiger partial charge is 0.0475 e. The SMILES string of the molecule is Cc1ccc(C(N)CN(C)c2ccccc2C)c(C)c1. The largest absolute Gasteiger partial charge is 0.372 e. The maximum Gasteiger partial charge on any atom is 0.0475 e. The molecule has 0 aromatic heterocycles. The molecule has 2 N–H and O–H groups in total. The van der Waals surface area contributed by atoms with E-state index in [1.165, 1.54) is 27.9 Å². The number of benzene rings is 2. The molecule has 0 bridgehead atoms. The van der Waals surface area contributed by atoms with Gasteiger partial charge in [0.25, 0.3) is 0 Å². The van der Waals surface area contributed by atoms with E-state index in [0.717, 1.165) is 6.54 Å². The molecule has 20 heavy (non-hydrogen) atoms. The maximum atomic E-state index is 6.39. The lowest BCUT2D eigenvalue weighted by Crippen LogP contribution is -2.29. The predicted molar refractivity (Wildman–Crippen MR) is 87.3 cm³/mol. The third kappa shape index (κ3) is 3.20. The Morgan fingerprint density at radius 1 is 1.00 bits per heavy atom. The monoisotopic (exact) mass is 268 g/mol. The van der Waals surface area contributed by atoms with E-state index in [1.54, 1.807) is 0 Å². The highest BCUT2D eigenvalue weighted by atomic mass is 15.1. The number of nitrogens with zero attached hydrogens (tertiary/aromatic N) is 1. The first-order chi connectivity index (χ1) is 9.49. The Bertz CT molecular complexity index is 590. The fourth-order valence-electron chi connectivity index (χ4n) is 2.73. The summed E-state index contributed by atoms with van der Waals surface area (Å²) in [5, 5.41) is 0. The molecule has 2 aromatic carbocycles. The quantitative estimate of drug-likeness (QED) is 0.915. The lowest BCUT2D eigenvalue weighted by Gasteiger charge is -2.26. The minimum Gasteiger partial charge on any atom is -0.372 e. The fourth-order valence-corrected chi connectivity index (χ4v) is 2.73. The lowest BCUT2D eigenvalue weighted by atomic mass is 9.99. The van der Waals surface area contributed by atoms with Crippen molar-refractivity contribution < 1.29 is 0 Å². The van der Waals surface area contributed by atoms with Crippen molar-refractivity contribution in [3.05, 3.63) is 64.7 Å². The van der Waals surface area contributed by atoms with Gasteiger partial charge in [0.1, 0.15) is 0 Å². The molecule has 0 heterocycles. The number of rotatable bonds is 4. The van der Waals surface area contributed by atoms with Crippen molar-refractivity contribution in [2.24, 2.45) is 5.73 Å². The van der Waals surface area contributed by atoms with Crippen LogP contribution < -0.4 is 10.6 Å². The fraction of sp³-hybridized carbons (Fsp3) is 0.333. The van der Waals surface area contributed by atoms with Crippen LogP contribution in [0.15, 0.2) is 42.5 Å². The number of anilines is 1. The van der Waals surface area contributed by atoms with Gasteiger partial charge in [-0.1, -0.05) is 42.0 Å². The molecule has 2 aromatic rings. The van der Waals surface area contributed by atoms with Crippen LogP contribution in [0.3, 0.4) is 0 Å². The summed E-state index contributed by atoms with van der Waals surface area (Å²) in [5.74, 6) is 0. The van der Waals surface area contributed by atoms with Gasteiger partial charge >= 0.3 is 0 Å². The molecule has 106 valence electrons. The second-order valence-corrected chi connectivity index (χ2v) is 5.63. The molecule has 1 atom stereocenters. The molecule has 2 heteroatoms. The zero-order valence-electron chi connectivity index (χ0n) is 12.9. The van der Waals surface area contributed by atoms with Gasteiger partial charge in [0.05, 0.1) is 0 Å². The Balaban J connectivity index is 2.15. The Kier molecular flexibility index (Phi) is 4.46. The van der Waals surface area contributed by atoms with E-state index in [2.05, 4.69) is 75.2 Å². The first-order valence-electron chi connectivity index (χ1n) is 7.08. The minimum absolute atomic E-state index is 0.0280. The van der Waals surface area contributed by atoms with Gasteiger partial charge in [0, 0.05) is 25.3 Å². The van der Waals surface area contributed by atoms with E-state index < -0.39 is 0 Å². The molecular formula is C18H24N2. The zero-order chi connectivity index (χ0) is 14.7. The Morgan fingerprint density at radius 2 is 1.70 bits per heavy atom. The van der Waals surface area contributed by atoms with Crippen LogP contribution in [0.5, 0.6) is 0 Å². The summed E-state index contributed by atoms with van der Waals surface area (Å²) in [5.41, 5.74) is 12.7. The Hall–Kier alpha value is -1.80. The molecule has 1 unspecified atom stereocenters. The maximum absolute atomic E-state index is 6.39. The van der Waals surface area contributed by atoms with Crippen molar-refractivity contribution >= 4 is 5.69 Å². The van der Waals surface area contributed by atoms with Crippen molar-refractivity contribution in [1.29, 1.82) is 0 Å². The summed E-state index contributed by atoms with van der Waals surface area (Å²) >= 11 is 0. The van der Waals surface area contributed by atoms with Gasteiger partial charge in [-0.2, -0.15) is 0 Å². The molecule has 0 fully saturated rings. The number of nitrogens with two attached hydrogens (primary N) is 1. The van der Waals surface area contributed by atoms with E-state index in [0.29, 0.717) is 0 Å². The van der Waals surface area contributed by atoms with E-state index in [-0.39, 0.29) is 6.04 Å². The van der Waals surface area contributed by atoms with Crippen LogP contribution in [0.2, 0.25) is 0 Å². The molecule has 0 aliphatic rings. The average molecular weight is 268 g/mol. The third-order valence-corrected chi connectivity index (χ3v) is 3.82. The number of aryl methyl sites for hydroxylation is 3. The molecule has 0 aliphatic carbocycles. The summed E-state index contributed by atoms with van der Waals surface area (Å²) in [6.07, 6.45) is 0. The van der Waals surface area contributed by atoms with Crippen molar-refractivity contribution in [2.45, 2.75) is 26.8 Å². The summed E-state index contributed by atoms with van der Waals surface area (Å²) in [4.78, 5) is 2.24. The normalized spacial score (nSPS) is 12.2. The Morgan fingerprint density at radius 3 is 2.35 bits per heavy atom. The van der Waals surface area contributed by atoms with Crippen molar-refractivity contribution in [3.63, 3.8) is 0 Å². The zero-order valence-corrected chi connectivity index (χ0v) is 12.9. The molecule has 0 spiro atoms. The molecule has 0 amide bonds. The van der Waals surface area contributed by atoms with Crippen molar-refractivity contribution in [1.82, 2.24) is 0 Å². The Labute approximate surface area is 122 Å². The first-order valence-corrected chi connectivity index (χ1v) is 7.08. The van der Waals surface area contributed by atoms with E-state index >= 15 is 0 Å². The number of likely N-dealkylation sites (N-methyl/N-ethyl adjacent to an activating group) is 1. The number of hydrogen-bond donors (Lipinski definition) is 1. The van der Waals surface area contributed by atoms with Crippen LogP contribution >= 0.6 is 0 Å². The summed E-state index contributed by atoms with van der Waals surface area (Å²) in [7, 11) is 2.10. The average Bonchev–Trinajstić information content (AvgIpc) is 2.38. The molecule has 0 saturated heterocycles. The van der Waals surface area contributed by atoms with Crippen LogP contribution in [0.25, 0.3) is 0 Å². The summed E-state index contributed by atoms with van der Waals surface area (Å²) in [6, 6.07) is 14.9. The standard InChI is InChI=1S/C18H24N2/c1-13-9-10-16(15(3)11-13)17(19)12-20(4)18-8-6-5-7-14(18)2/h5-11,17H,12,19H2,1-4H3. The summed E-state index contributed by atoms with van der Waals surface area (Å²) < 4.78 is 0. The highest BCUT2D eigenvalue weighted by Gasteiger charge is 2.13.